The molecular formula is C22H20N2O3. The van der Waals surface area contributed by atoms with Crippen molar-refractivity contribution < 1.29 is 14.3 Å². The molecule has 0 aliphatic rings. The maximum absolute atomic E-state index is 12.5. The lowest BCUT2D eigenvalue weighted by Gasteiger charge is -2.11. The van der Waals surface area contributed by atoms with Crippen LogP contribution in [0, 0.1) is 6.92 Å². The fraction of sp³-hybridized carbons (Fsp3) is 0.0909. The number of hydrogen-bond donors (Lipinski definition) is 2. The Bertz CT molecular complexity index is 968. The predicted octanol–water partition coefficient (Wildman–Crippen LogP) is 3.83. The number of anilines is 2. The summed E-state index contributed by atoms with van der Waals surface area (Å²) in [6, 6.07) is 21.3. The highest BCUT2D eigenvalue weighted by Gasteiger charge is 2.12. The molecule has 0 unspecified atom stereocenters. The molecule has 0 bridgehead atoms. The highest BCUT2D eigenvalue weighted by atomic mass is 16.5. The molecule has 0 saturated carbocycles. The number of carbonyl (C=O) groups excluding carboxylic acids is 2. The Kier molecular flexibility index (Phi) is 5.52. The molecule has 3 N–H and O–H groups in total. The molecular weight excluding hydrogens is 340 g/mol. The van der Waals surface area contributed by atoms with E-state index in [4.69, 9.17) is 10.5 Å². The Morgan fingerprint density at radius 1 is 0.926 bits per heavy atom. The molecule has 5 heteroatoms. The second kappa shape index (κ2) is 8.19. The van der Waals surface area contributed by atoms with Gasteiger partial charge in [0.25, 0.3) is 5.91 Å². The van der Waals surface area contributed by atoms with Crippen molar-refractivity contribution in [1.82, 2.24) is 0 Å². The third-order valence-electron chi connectivity index (χ3n) is 4.07. The third-order valence-corrected chi connectivity index (χ3v) is 4.07. The first kappa shape index (κ1) is 18.2. The fourth-order valence-electron chi connectivity index (χ4n) is 2.65. The maximum atomic E-state index is 12.5. The average molecular weight is 360 g/mol. The predicted molar refractivity (Wildman–Crippen MR) is 106 cm³/mol. The molecule has 0 atom stereocenters. The molecule has 1 amide bonds. The molecule has 0 aliphatic heterocycles. The van der Waals surface area contributed by atoms with Gasteiger partial charge in [-0.25, -0.2) is 0 Å². The van der Waals surface area contributed by atoms with Crippen molar-refractivity contribution >= 4 is 23.1 Å². The van der Waals surface area contributed by atoms with Gasteiger partial charge < -0.3 is 15.8 Å². The zero-order valence-corrected chi connectivity index (χ0v) is 14.9. The van der Waals surface area contributed by atoms with Crippen LogP contribution in [0.3, 0.4) is 0 Å². The molecule has 0 saturated heterocycles. The van der Waals surface area contributed by atoms with E-state index in [1.54, 1.807) is 54.6 Å². The van der Waals surface area contributed by atoms with E-state index in [1.165, 1.54) is 0 Å². The van der Waals surface area contributed by atoms with Crippen LogP contribution in [0.4, 0.5) is 11.4 Å². The summed E-state index contributed by atoms with van der Waals surface area (Å²) in [4.78, 5) is 24.6. The first-order valence-electron chi connectivity index (χ1n) is 8.52. The number of hydrogen-bond acceptors (Lipinski definition) is 4. The van der Waals surface area contributed by atoms with Crippen LogP contribution < -0.4 is 15.8 Å². The molecule has 0 fully saturated rings. The number of ether oxygens (including phenoxy) is 1. The summed E-state index contributed by atoms with van der Waals surface area (Å²) in [5, 5.41) is 2.71. The molecule has 3 aromatic carbocycles. The zero-order chi connectivity index (χ0) is 19.2. The molecule has 0 spiro atoms. The lowest BCUT2D eigenvalue weighted by atomic mass is 10.0. The van der Waals surface area contributed by atoms with Crippen molar-refractivity contribution in [2.75, 3.05) is 17.7 Å². The Morgan fingerprint density at radius 3 is 2.33 bits per heavy atom. The number of nitrogens with two attached hydrogens (primary N) is 1. The fourth-order valence-corrected chi connectivity index (χ4v) is 2.65. The standard InChI is InChI=1S/C22H20N2O3/c1-15-13-17(22(26)16-7-3-2-4-8-16)11-12-20(15)27-14-21(25)24-19-10-6-5-9-18(19)23/h2-13H,14,23H2,1H3,(H,24,25). The summed E-state index contributed by atoms with van der Waals surface area (Å²) in [5.41, 5.74) is 8.83. The van der Waals surface area contributed by atoms with Gasteiger partial charge in [-0.05, 0) is 42.8 Å². The van der Waals surface area contributed by atoms with Gasteiger partial charge in [-0.2, -0.15) is 0 Å². The lowest BCUT2D eigenvalue weighted by molar-refractivity contribution is -0.118. The van der Waals surface area contributed by atoms with Gasteiger partial charge >= 0.3 is 0 Å². The van der Waals surface area contributed by atoms with Crippen LogP contribution in [0.15, 0.2) is 72.8 Å². The minimum absolute atomic E-state index is 0.0532. The van der Waals surface area contributed by atoms with Crippen molar-refractivity contribution in [1.29, 1.82) is 0 Å². The minimum Gasteiger partial charge on any atom is -0.483 e. The van der Waals surface area contributed by atoms with Crippen LogP contribution in [0.5, 0.6) is 5.75 Å². The van der Waals surface area contributed by atoms with Gasteiger partial charge in [0.2, 0.25) is 0 Å². The second-order valence-electron chi connectivity index (χ2n) is 6.10. The SMILES string of the molecule is Cc1cc(C(=O)c2ccccc2)ccc1OCC(=O)Nc1ccccc1N. The number of nitrogens with one attached hydrogen (secondary N) is 1. The van der Waals surface area contributed by atoms with E-state index >= 15 is 0 Å². The largest absolute Gasteiger partial charge is 0.483 e. The first-order valence-corrected chi connectivity index (χ1v) is 8.52. The second-order valence-corrected chi connectivity index (χ2v) is 6.10. The van der Waals surface area contributed by atoms with E-state index < -0.39 is 0 Å². The van der Waals surface area contributed by atoms with E-state index in [9.17, 15) is 9.59 Å². The van der Waals surface area contributed by atoms with Gasteiger partial charge in [0.15, 0.2) is 12.4 Å². The van der Waals surface area contributed by atoms with Crippen LogP contribution in [0.2, 0.25) is 0 Å². The molecule has 3 aromatic rings. The van der Waals surface area contributed by atoms with Crippen LogP contribution in [-0.4, -0.2) is 18.3 Å². The van der Waals surface area contributed by atoms with Gasteiger partial charge in [-0.15, -0.1) is 0 Å². The van der Waals surface area contributed by atoms with Gasteiger partial charge in [0, 0.05) is 11.1 Å². The van der Waals surface area contributed by atoms with Crippen molar-refractivity contribution in [2.45, 2.75) is 6.92 Å². The molecule has 0 radical (unpaired) electrons. The summed E-state index contributed by atoms with van der Waals surface area (Å²) < 4.78 is 5.59. The minimum atomic E-state index is -0.309. The van der Waals surface area contributed by atoms with E-state index in [1.807, 2.05) is 25.1 Å². The monoisotopic (exact) mass is 360 g/mol. The molecule has 5 nitrogen and oxygen atoms in total. The Morgan fingerprint density at radius 2 is 1.63 bits per heavy atom. The number of amides is 1. The van der Waals surface area contributed by atoms with Crippen LogP contribution in [-0.2, 0) is 4.79 Å². The highest BCUT2D eigenvalue weighted by molar-refractivity contribution is 6.09. The van der Waals surface area contributed by atoms with Gasteiger partial charge in [0.05, 0.1) is 11.4 Å². The van der Waals surface area contributed by atoms with Crippen molar-refractivity contribution in [3.05, 3.63) is 89.5 Å². The Labute approximate surface area is 157 Å². The molecule has 3 rings (SSSR count). The zero-order valence-electron chi connectivity index (χ0n) is 14.9. The smallest absolute Gasteiger partial charge is 0.262 e. The molecule has 0 aliphatic carbocycles. The molecule has 0 heterocycles. The van der Waals surface area contributed by atoms with Gasteiger partial charge in [0.1, 0.15) is 5.75 Å². The number of benzene rings is 3. The number of para-hydroxylation sites is 2. The average Bonchev–Trinajstić information content (AvgIpc) is 2.69. The summed E-state index contributed by atoms with van der Waals surface area (Å²) in [6.45, 7) is 1.69. The summed E-state index contributed by atoms with van der Waals surface area (Å²) >= 11 is 0. The van der Waals surface area contributed by atoms with Crippen LogP contribution >= 0.6 is 0 Å². The number of nitrogen functional groups attached to an aromatic ring is 1. The number of aryl methyl sites for hydroxylation is 1. The Hall–Kier alpha value is -3.60. The number of ketones is 1. The van der Waals surface area contributed by atoms with Crippen molar-refractivity contribution in [3.63, 3.8) is 0 Å². The van der Waals surface area contributed by atoms with E-state index in [-0.39, 0.29) is 18.3 Å². The van der Waals surface area contributed by atoms with E-state index in [0.717, 1.165) is 5.56 Å². The summed E-state index contributed by atoms with van der Waals surface area (Å²) in [6.07, 6.45) is 0. The van der Waals surface area contributed by atoms with Crippen molar-refractivity contribution in [2.24, 2.45) is 0 Å². The first-order chi connectivity index (χ1) is 13.0. The molecule has 0 aromatic heterocycles. The summed E-state index contributed by atoms with van der Waals surface area (Å²) in [7, 11) is 0. The van der Waals surface area contributed by atoms with E-state index in [2.05, 4.69) is 5.32 Å². The quantitative estimate of drug-likeness (QED) is 0.517. The third kappa shape index (κ3) is 4.52. The molecule has 136 valence electrons. The van der Waals surface area contributed by atoms with Crippen LogP contribution in [0.25, 0.3) is 0 Å². The van der Waals surface area contributed by atoms with Gasteiger partial charge in [-0.1, -0.05) is 42.5 Å². The van der Waals surface area contributed by atoms with E-state index in [0.29, 0.717) is 28.3 Å². The lowest BCUT2D eigenvalue weighted by Crippen LogP contribution is -2.21. The normalized spacial score (nSPS) is 10.3. The molecule has 27 heavy (non-hydrogen) atoms. The van der Waals surface area contributed by atoms with Crippen LogP contribution in [0.1, 0.15) is 21.5 Å². The van der Waals surface area contributed by atoms with Crippen molar-refractivity contribution in [3.8, 4) is 5.75 Å². The number of carbonyl (C=O) groups is 2. The van der Waals surface area contributed by atoms with Gasteiger partial charge in [-0.3, -0.25) is 9.59 Å². The Balaban J connectivity index is 1.64. The summed E-state index contributed by atoms with van der Waals surface area (Å²) in [5.74, 6) is 0.190. The highest BCUT2D eigenvalue weighted by Crippen LogP contribution is 2.21. The topological polar surface area (TPSA) is 81.4 Å². The number of rotatable bonds is 6. The maximum Gasteiger partial charge on any atom is 0.262 e.